The molecule has 0 bridgehead atoms. The second kappa shape index (κ2) is 5.17. The molecular formula is C13H22N4. The highest BCUT2D eigenvalue weighted by atomic mass is 15.3. The average Bonchev–Trinajstić information content (AvgIpc) is 3.07. The molecule has 1 aromatic rings. The molecule has 17 heavy (non-hydrogen) atoms. The van der Waals surface area contributed by atoms with E-state index >= 15 is 0 Å². The van der Waals surface area contributed by atoms with Crippen molar-refractivity contribution in [3.63, 3.8) is 0 Å². The summed E-state index contributed by atoms with van der Waals surface area (Å²) in [6, 6.07) is 0. The first-order valence-corrected chi connectivity index (χ1v) is 6.99. The fraction of sp³-hybridized carbons (Fsp3) is 0.846. The molecular weight excluding hydrogens is 212 g/mol. The van der Waals surface area contributed by atoms with Crippen LogP contribution in [0.25, 0.3) is 0 Å². The molecule has 1 saturated carbocycles. The molecule has 1 unspecified atom stereocenters. The summed E-state index contributed by atoms with van der Waals surface area (Å²) in [5.74, 6) is 2.91. The zero-order valence-electron chi connectivity index (χ0n) is 10.4. The molecule has 1 aliphatic carbocycles. The molecule has 1 N–H and O–H groups in total. The first-order chi connectivity index (χ1) is 8.42. The maximum absolute atomic E-state index is 4.31. The van der Waals surface area contributed by atoms with Crippen molar-refractivity contribution in [2.24, 2.45) is 11.8 Å². The van der Waals surface area contributed by atoms with Crippen LogP contribution in [0.4, 0.5) is 0 Å². The molecule has 2 heterocycles. The Morgan fingerprint density at radius 1 is 1.18 bits per heavy atom. The highest BCUT2D eigenvalue weighted by molar-refractivity contribution is 4.91. The van der Waals surface area contributed by atoms with Crippen LogP contribution in [-0.4, -0.2) is 27.9 Å². The van der Waals surface area contributed by atoms with Crippen LogP contribution < -0.4 is 5.32 Å². The summed E-state index contributed by atoms with van der Waals surface area (Å²) in [6.07, 6.45) is 9.76. The molecule has 2 aliphatic rings. The predicted octanol–water partition coefficient (Wildman–Crippen LogP) is 1.62. The van der Waals surface area contributed by atoms with Crippen LogP contribution in [0.2, 0.25) is 0 Å². The second-order valence-electron chi connectivity index (χ2n) is 5.59. The van der Waals surface area contributed by atoms with Gasteiger partial charge in [0.15, 0.2) is 0 Å². The molecule has 0 spiro atoms. The fourth-order valence-corrected chi connectivity index (χ4v) is 2.72. The van der Waals surface area contributed by atoms with Gasteiger partial charge in [-0.15, -0.1) is 10.2 Å². The molecule has 1 aromatic heterocycles. The Morgan fingerprint density at radius 3 is 3.00 bits per heavy atom. The molecule has 1 atom stereocenters. The summed E-state index contributed by atoms with van der Waals surface area (Å²) in [7, 11) is 0. The van der Waals surface area contributed by atoms with Gasteiger partial charge in [-0.05, 0) is 57.0 Å². The van der Waals surface area contributed by atoms with Crippen LogP contribution >= 0.6 is 0 Å². The minimum absolute atomic E-state index is 0.798. The molecule has 3 rings (SSSR count). The average molecular weight is 234 g/mol. The highest BCUT2D eigenvalue weighted by Gasteiger charge is 2.23. The van der Waals surface area contributed by atoms with Crippen molar-refractivity contribution in [1.82, 2.24) is 20.1 Å². The summed E-state index contributed by atoms with van der Waals surface area (Å²) in [6.45, 7) is 3.50. The van der Waals surface area contributed by atoms with Crippen molar-refractivity contribution in [2.75, 3.05) is 13.1 Å². The van der Waals surface area contributed by atoms with Gasteiger partial charge in [0.25, 0.3) is 0 Å². The maximum atomic E-state index is 4.31. The first-order valence-electron chi connectivity index (χ1n) is 6.99. The van der Waals surface area contributed by atoms with E-state index < -0.39 is 0 Å². The van der Waals surface area contributed by atoms with Gasteiger partial charge in [-0.3, -0.25) is 0 Å². The number of hydrogen-bond acceptors (Lipinski definition) is 3. The van der Waals surface area contributed by atoms with Crippen LogP contribution in [0.1, 0.15) is 37.9 Å². The van der Waals surface area contributed by atoms with Crippen molar-refractivity contribution >= 4 is 0 Å². The minimum Gasteiger partial charge on any atom is -0.317 e. The lowest BCUT2D eigenvalue weighted by Gasteiger charge is -2.13. The molecule has 1 saturated heterocycles. The minimum atomic E-state index is 0.798. The van der Waals surface area contributed by atoms with E-state index in [1.165, 1.54) is 51.0 Å². The Hall–Kier alpha value is -0.900. The number of aromatic nitrogens is 3. The molecule has 0 amide bonds. The highest BCUT2D eigenvalue weighted by Crippen LogP contribution is 2.31. The van der Waals surface area contributed by atoms with Crippen LogP contribution in [0.5, 0.6) is 0 Å². The van der Waals surface area contributed by atoms with E-state index in [1.807, 2.05) is 6.33 Å². The number of nitrogens with zero attached hydrogens (tertiary/aromatic N) is 3. The molecule has 0 aromatic carbocycles. The monoisotopic (exact) mass is 234 g/mol. The molecule has 4 heteroatoms. The number of nitrogens with one attached hydrogen (secondary N) is 1. The second-order valence-corrected chi connectivity index (χ2v) is 5.59. The molecule has 1 aliphatic heterocycles. The lowest BCUT2D eigenvalue weighted by molar-refractivity contribution is 0.444. The summed E-state index contributed by atoms with van der Waals surface area (Å²) < 4.78 is 2.29. The smallest absolute Gasteiger partial charge is 0.133 e. The SMILES string of the molecule is c1nnc(CC2CCCNCC2)n1CC1CC1. The number of hydrogen-bond donors (Lipinski definition) is 1. The summed E-state index contributed by atoms with van der Waals surface area (Å²) in [5.41, 5.74) is 0. The zero-order valence-corrected chi connectivity index (χ0v) is 10.4. The van der Waals surface area contributed by atoms with Crippen LogP contribution in [0.3, 0.4) is 0 Å². The first kappa shape index (κ1) is 11.2. The molecule has 4 nitrogen and oxygen atoms in total. The van der Waals surface area contributed by atoms with Gasteiger partial charge in [0, 0.05) is 13.0 Å². The largest absolute Gasteiger partial charge is 0.317 e. The van der Waals surface area contributed by atoms with E-state index in [0.29, 0.717) is 0 Å². The normalized spacial score (nSPS) is 25.8. The van der Waals surface area contributed by atoms with Crippen LogP contribution in [0.15, 0.2) is 6.33 Å². The molecule has 2 fully saturated rings. The third kappa shape index (κ3) is 3.06. The van der Waals surface area contributed by atoms with E-state index in [9.17, 15) is 0 Å². The van der Waals surface area contributed by atoms with Gasteiger partial charge in [-0.1, -0.05) is 0 Å². The lowest BCUT2D eigenvalue weighted by atomic mass is 9.96. The number of rotatable bonds is 4. The van der Waals surface area contributed by atoms with E-state index in [-0.39, 0.29) is 0 Å². The Balaban J connectivity index is 1.60. The van der Waals surface area contributed by atoms with Gasteiger partial charge in [0.2, 0.25) is 0 Å². The van der Waals surface area contributed by atoms with Gasteiger partial charge in [0.05, 0.1) is 0 Å². The zero-order chi connectivity index (χ0) is 11.5. The summed E-state index contributed by atoms with van der Waals surface area (Å²) in [4.78, 5) is 0. The lowest BCUT2D eigenvalue weighted by Crippen LogP contribution is -2.15. The predicted molar refractivity (Wildman–Crippen MR) is 66.7 cm³/mol. The molecule has 94 valence electrons. The third-order valence-corrected chi connectivity index (χ3v) is 4.01. The Labute approximate surface area is 103 Å². The molecule has 0 radical (unpaired) electrons. The van der Waals surface area contributed by atoms with Gasteiger partial charge in [0.1, 0.15) is 12.2 Å². The van der Waals surface area contributed by atoms with Crippen molar-refractivity contribution in [1.29, 1.82) is 0 Å². The van der Waals surface area contributed by atoms with Crippen LogP contribution in [-0.2, 0) is 13.0 Å². The van der Waals surface area contributed by atoms with Crippen molar-refractivity contribution in [3.8, 4) is 0 Å². The van der Waals surface area contributed by atoms with Gasteiger partial charge >= 0.3 is 0 Å². The topological polar surface area (TPSA) is 42.7 Å². The van der Waals surface area contributed by atoms with Crippen molar-refractivity contribution in [3.05, 3.63) is 12.2 Å². The standard InChI is InChI=1S/C13H22N4/c1-2-11(5-7-14-6-1)8-13-16-15-10-17(13)9-12-3-4-12/h10-12,14H,1-9H2. The van der Waals surface area contributed by atoms with Gasteiger partial charge in [-0.2, -0.15) is 0 Å². The summed E-state index contributed by atoms with van der Waals surface area (Å²) in [5, 5.41) is 11.9. The van der Waals surface area contributed by atoms with Crippen molar-refractivity contribution < 1.29 is 0 Å². The van der Waals surface area contributed by atoms with Gasteiger partial charge in [-0.25, -0.2) is 0 Å². The van der Waals surface area contributed by atoms with Gasteiger partial charge < -0.3 is 9.88 Å². The Kier molecular flexibility index (Phi) is 3.41. The Morgan fingerprint density at radius 2 is 2.12 bits per heavy atom. The Bertz CT molecular complexity index is 348. The van der Waals surface area contributed by atoms with Crippen LogP contribution in [0, 0.1) is 11.8 Å². The summed E-state index contributed by atoms with van der Waals surface area (Å²) >= 11 is 0. The third-order valence-electron chi connectivity index (χ3n) is 4.01. The quantitative estimate of drug-likeness (QED) is 0.861. The van der Waals surface area contributed by atoms with E-state index in [0.717, 1.165) is 24.8 Å². The maximum Gasteiger partial charge on any atom is 0.133 e. The van der Waals surface area contributed by atoms with E-state index in [1.54, 1.807) is 0 Å². The fourth-order valence-electron chi connectivity index (χ4n) is 2.72. The van der Waals surface area contributed by atoms with E-state index in [2.05, 4.69) is 20.1 Å². The van der Waals surface area contributed by atoms with Crippen molar-refractivity contribution in [2.45, 2.75) is 45.1 Å². The van der Waals surface area contributed by atoms with E-state index in [4.69, 9.17) is 0 Å².